The summed E-state index contributed by atoms with van der Waals surface area (Å²) >= 11 is 0. The van der Waals surface area contributed by atoms with Gasteiger partial charge in [-0.2, -0.15) is 13.2 Å². The number of carbonyl (C=O) groups is 1. The average molecular weight is 334 g/mol. The first kappa shape index (κ1) is 18.2. The number of benzene rings is 2. The third-order valence-electron chi connectivity index (χ3n) is 4.17. The second kappa shape index (κ2) is 6.42. The molecule has 2 aromatic carbocycles. The molecule has 128 valence electrons. The summed E-state index contributed by atoms with van der Waals surface area (Å²) in [5.74, 6) is -0.594. The molecule has 2 aromatic rings. The molecule has 0 amide bonds. The van der Waals surface area contributed by atoms with Crippen molar-refractivity contribution in [3.8, 4) is 0 Å². The molecule has 24 heavy (non-hydrogen) atoms. The number of alkyl halides is 3. The summed E-state index contributed by atoms with van der Waals surface area (Å²) in [6.07, 6.45) is -4.39. The molecule has 0 N–H and O–H groups in total. The predicted octanol–water partition coefficient (Wildman–Crippen LogP) is 5.99. The molecule has 1 unspecified atom stereocenters. The Morgan fingerprint density at radius 1 is 0.833 bits per heavy atom. The van der Waals surface area contributed by atoms with Gasteiger partial charge >= 0.3 is 6.18 Å². The van der Waals surface area contributed by atoms with Crippen molar-refractivity contribution >= 4 is 5.78 Å². The Kier molecular flexibility index (Phi) is 4.88. The molecule has 2 rings (SSSR count). The summed E-state index contributed by atoms with van der Waals surface area (Å²) in [4.78, 5) is 12.5. The van der Waals surface area contributed by atoms with Crippen LogP contribution in [-0.4, -0.2) is 5.78 Å². The maximum atomic E-state index is 12.6. The first-order valence-corrected chi connectivity index (χ1v) is 7.82. The zero-order chi connectivity index (χ0) is 18.1. The van der Waals surface area contributed by atoms with Crippen LogP contribution in [0.4, 0.5) is 13.2 Å². The molecular weight excluding hydrogens is 313 g/mol. The van der Waals surface area contributed by atoms with Crippen LogP contribution in [0, 0.1) is 0 Å². The quantitative estimate of drug-likeness (QED) is 0.630. The van der Waals surface area contributed by atoms with E-state index >= 15 is 0 Å². The van der Waals surface area contributed by atoms with Gasteiger partial charge in [-0.05, 0) is 28.7 Å². The standard InChI is InChI=1S/C20H21F3O/c1-13(14-5-9-16(10-6-14)19(2,3)4)18(24)15-7-11-17(12-8-15)20(21,22)23/h5-13H,1-4H3. The van der Waals surface area contributed by atoms with Gasteiger partial charge in [-0.25, -0.2) is 0 Å². The van der Waals surface area contributed by atoms with Crippen LogP contribution in [0.2, 0.25) is 0 Å². The summed E-state index contributed by atoms with van der Waals surface area (Å²) in [7, 11) is 0. The van der Waals surface area contributed by atoms with E-state index in [0.29, 0.717) is 0 Å². The summed E-state index contributed by atoms with van der Waals surface area (Å²) in [5.41, 5.74) is 1.59. The smallest absolute Gasteiger partial charge is 0.294 e. The minimum Gasteiger partial charge on any atom is -0.294 e. The summed E-state index contributed by atoms with van der Waals surface area (Å²) in [6.45, 7) is 8.10. The first-order chi connectivity index (χ1) is 11.0. The third-order valence-corrected chi connectivity index (χ3v) is 4.17. The van der Waals surface area contributed by atoms with Gasteiger partial charge in [-0.3, -0.25) is 4.79 Å². The predicted molar refractivity (Wildman–Crippen MR) is 89.3 cm³/mol. The van der Waals surface area contributed by atoms with E-state index < -0.39 is 17.7 Å². The van der Waals surface area contributed by atoms with Gasteiger partial charge in [0.25, 0.3) is 0 Å². The molecule has 0 fully saturated rings. The Labute approximate surface area is 140 Å². The number of Topliss-reactive ketones (excluding diaryl/α,β-unsaturated/α-hetero) is 1. The van der Waals surface area contributed by atoms with E-state index in [-0.39, 0.29) is 16.8 Å². The number of carbonyl (C=O) groups excluding carboxylic acids is 1. The molecule has 1 nitrogen and oxygen atoms in total. The van der Waals surface area contributed by atoms with Crippen molar-refractivity contribution in [1.82, 2.24) is 0 Å². The minimum atomic E-state index is -4.39. The highest BCUT2D eigenvalue weighted by Gasteiger charge is 2.30. The maximum Gasteiger partial charge on any atom is 0.416 e. The van der Waals surface area contributed by atoms with Crippen molar-refractivity contribution in [3.05, 3.63) is 70.8 Å². The van der Waals surface area contributed by atoms with Gasteiger partial charge in [0.2, 0.25) is 0 Å². The van der Waals surface area contributed by atoms with Crippen molar-refractivity contribution in [2.45, 2.75) is 45.2 Å². The van der Waals surface area contributed by atoms with Crippen LogP contribution in [0.1, 0.15) is 60.7 Å². The average Bonchev–Trinajstić information content (AvgIpc) is 2.52. The van der Waals surface area contributed by atoms with E-state index in [4.69, 9.17) is 0 Å². The topological polar surface area (TPSA) is 17.1 Å². The van der Waals surface area contributed by atoms with Gasteiger partial charge in [0.1, 0.15) is 0 Å². The molecule has 4 heteroatoms. The molecule has 0 saturated heterocycles. The van der Waals surface area contributed by atoms with Gasteiger partial charge in [0.05, 0.1) is 5.56 Å². The zero-order valence-corrected chi connectivity index (χ0v) is 14.2. The molecule has 0 bridgehead atoms. The molecule has 0 spiro atoms. The van der Waals surface area contributed by atoms with E-state index in [1.54, 1.807) is 6.92 Å². The van der Waals surface area contributed by atoms with Crippen molar-refractivity contribution in [2.24, 2.45) is 0 Å². The van der Waals surface area contributed by atoms with E-state index in [0.717, 1.165) is 17.7 Å². The Hall–Kier alpha value is -2.10. The number of hydrogen-bond acceptors (Lipinski definition) is 1. The van der Waals surface area contributed by atoms with Gasteiger partial charge in [-0.15, -0.1) is 0 Å². The van der Waals surface area contributed by atoms with Gasteiger partial charge in [-0.1, -0.05) is 64.1 Å². The van der Waals surface area contributed by atoms with E-state index in [9.17, 15) is 18.0 Å². The first-order valence-electron chi connectivity index (χ1n) is 7.82. The van der Waals surface area contributed by atoms with E-state index in [1.165, 1.54) is 17.7 Å². The van der Waals surface area contributed by atoms with Crippen LogP contribution in [0.25, 0.3) is 0 Å². The molecular formula is C20H21F3O. The highest BCUT2D eigenvalue weighted by Crippen LogP contribution is 2.30. The second-order valence-corrected chi connectivity index (χ2v) is 7.03. The molecule has 0 heterocycles. The second-order valence-electron chi connectivity index (χ2n) is 7.03. The Morgan fingerprint density at radius 3 is 1.71 bits per heavy atom. The number of rotatable bonds is 3. The molecule has 0 saturated carbocycles. The van der Waals surface area contributed by atoms with Crippen molar-refractivity contribution in [1.29, 1.82) is 0 Å². The van der Waals surface area contributed by atoms with Crippen molar-refractivity contribution < 1.29 is 18.0 Å². The molecule has 1 atom stereocenters. The molecule has 0 aromatic heterocycles. The largest absolute Gasteiger partial charge is 0.416 e. The lowest BCUT2D eigenvalue weighted by Crippen LogP contribution is -2.13. The van der Waals surface area contributed by atoms with Crippen molar-refractivity contribution in [3.63, 3.8) is 0 Å². The summed E-state index contributed by atoms with van der Waals surface area (Å²) in [5, 5.41) is 0. The lowest BCUT2D eigenvalue weighted by molar-refractivity contribution is -0.137. The van der Waals surface area contributed by atoms with Crippen LogP contribution in [0.3, 0.4) is 0 Å². The highest BCUT2D eigenvalue weighted by atomic mass is 19.4. The molecule has 0 radical (unpaired) electrons. The van der Waals surface area contributed by atoms with Crippen LogP contribution < -0.4 is 0 Å². The van der Waals surface area contributed by atoms with Gasteiger partial charge < -0.3 is 0 Å². The Bertz CT molecular complexity index is 705. The van der Waals surface area contributed by atoms with Crippen LogP contribution in [0.15, 0.2) is 48.5 Å². The maximum absolute atomic E-state index is 12.6. The fourth-order valence-electron chi connectivity index (χ4n) is 2.50. The SMILES string of the molecule is CC(C(=O)c1ccc(C(F)(F)F)cc1)c1ccc(C(C)(C)C)cc1. The number of hydrogen-bond donors (Lipinski definition) is 0. The van der Waals surface area contributed by atoms with Crippen molar-refractivity contribution in [2.75, 3.05) is 0 Å². The zero-order valence-electron chi connectivity index (χ0n) is 14.2. The fraction of sp³-hybridized carbons (Fsp3) is 0.350. The van der Waals surface area contributed by atoms with E-state index in [1.807, 2.05) is 24.3 Å². The molecule has 0 aliphatic rings. The van der Waals surface area contributed by atoms with Crippen LogP contribution in [-0.2, 0) is 11.6 Å². The van der Waals surface area contributed by atoms with Crippen LogP contribution in [0.5, 0.6) is 0 Å². The van der Waals surface area contributed by atoms with E-state index in [2.05, 4.69) is 20.8 Å². The number of halogens is 3. The summed E-state index contributed by atoms with van der Waals surface area (Å²) < 4.78 is 37.8. The monoisotopic (exact) mass is 334 g/mol. The fourth-order valence-corrected chi connectivity index (χ4v) is 2.50. The van der Waals surface area contributed by atoms with Crippen LogP contribution >= 0.6 is 0 Å². The number of ketones is 1. The molecule has 0 aliphatic heterocycles. The Balaban J connectivity index is 2.20. The van der Waals surface area contributed by atoms with Gasteiger partial charge in [0.15, 0.2) is 5.78 Å². The normalized spacial score (nSPS) is 13.6. The van der Waals surface area contributed by atoms with Gasteiger partial charge in [0, 0.05) is 11.5 Å². The Morgan fingerprint density at radius 2 is 1.29 bits per heavy atom. The third kappa shape index (κ3) is 4.05. The lowest BCUT2D eigenvalue weighted by atomic mass is 9.84. The lowest BCUT2D eigenvalue weighted by Gasteiger charge is -2.20. The minimum absolute atomic E-state index is 0.0270. The highest BCUT2D eigenvalue weighted by molar-refractivity contribution is 6.00. The molecule has 0 aliphatic carbocycles. The summed E-state index contributed by atoms with van der Waals surface area (Å²) in [6, 6.07) is 12.2.